The van der Waals surface area contributed by atoms with Crippen LogP contribution in [0, 0.1) is 12.3 Å². The van der Waals surface area contributed by atoms with Crippen molar-refractivity contribution in [1.82, 2.24) is 9.80 Å². The van der Waals surface area contributed by atoms with Gasteiger partial charge in [0, 0.05) is 70.0 Å². The Kier molecular flexibility index (Phi) is 4.52. The summed E-state index contributed by atoms with van der Waals surface area (Å²) in [6, 6.07) is 0. The van der Waals surface area contributed by atoms with Gasteiger partial charge in [-0.1, -0.05) is 0 Å². The average Bonchev–Trinajstić information content (AvgIpc) is 2.44. The van der Waals surface area contributed by atoms with Crippen LogP contribution < -0.4 is 0 Å². The zero-order chi connectivity index (χ0) is 10.1. The summed E-state index contributed by atoms with van der Waals surface area (Å²) >= 11 is 0. The summed E-state index contributed by atoms with van der Waals surface area (Å²) in [6.45, 7) is 2.67. The summed E-state index contributed by atoms with van der Waals surface area (Å²) in [5.41, 5.74) is 2.10. The molecule has 0 saturated heterocycles. The quantitative estimate of drug-likeness (QED) is 0.500. The van der Waals surface area contributed by atoms with E-state index < -0.39 is 0 Å². The van der Waals surface area contributed by atoms with Crippen LogP contribution >= 0.6 is 0 Å². The molecule has 0 spiro atoms. The number of Topliss-reactive ketones (excluding diaryl/α,β-unsaturated/α-hetero) is 1. The zero-order valence-electron chi connectivity index (χ0n) is 8.92. The van der Waals surface area contributed by atoms with E-state index in [-0.39, 0.29) is 38.5 Å². The van der Waals surface area contributed by atoms with Crippen LogP contribution in [0.4, 0.5) is 0 Å². The molecule has 0 saturated carbocycles. The Morgan fingerprint density at radius 2 is 2.20 bits per heavy atom. The topological polar surface area (TPSA) is 23.6 Å². The average molecular weight is 278 g/mol. The smallest absolute Gasteiger partial charge is 0.181 e. The number of likely N-dealkylation sites (N-methyl/N-ethyl adjacent to an activating group) is 1. The summed E-state index contributed by atoms with van der Waals surface area (Å²) in [7, 11) is 2.03. The number of rotatable bonds is 1. The maximum Gasteiger partial charge on any atom is 0.181 e. The molecule has 4 heteroatoms. The molecular formula is C11H13N2OY-. The molecule has 0 amide bonds. The number of ketones is 1. The first-order valence-electron chi connectivity index (χ1n) is 4.80. The van der Waals surface area contributed by atoms with Gasteiger partial charge in [-0.15, -0.1) is 0 Å². The number of carbonyl (C=O) groups is 1. The van der Waals surface area contributed by atoms with Crippen LogP contribution in [0.25, 0.3) is 0 Å². The van der Waals surface area contributed by atoms with Gasteiger partial charge in [-0.2, -0.15) is 0 Å². The Labute approximate surface area is 116 Å². The molecule has 0 bridgehead atoms. The first-order valence-corrected chi connectivity index (χ1v) is 4.80. The van der Waals surface area contributed by atoms with Gasteiger partial charge in [0.15, 0.2) is 5.78 Å². The molecular weight excluding hydrogens is 265 g/mol. The molecule has 0 aromatic rings. The maximum absolute atomic E-state index is 11.6. The second kappa shape index (κ2) is 5.25. The SMILES string of the molecule is [C-]#CCN1CC(=O)C2=C1CCN(C)C2.[Y]. The molecule has 77 valence electrons. The maximum atomic E-state index is 11.6. The van der Waals surface area contributed by atoms with Gasteiger partial charge < -0.3 is 22.1 Å². The Balaban J connectivity index is 0.00000112. The fraction of sp³-hybridized carbons (Fsp3) is 0.545. The van der Waals surface area contributed by atoms with Crippen molar-refractivity contribution in [3.63, 3.8) is 0 Å². The molecule has 0 aromatic carbocycles. The van der Waals surface area contributed by atoms with Crippen molar-refractivity contribution in [3.05, 3.63) is 17.7 Å². The minimum Gasteiger partial charge on any atom is -0.692 e. The van der Waals surface area contributed by atoms with Gasteiger partial charge in [-0.25, -0.2) is 0 Å². The van der Waals surface area contributed by atoms with Crippen molar-refractivity contribution >= 4 is 5.78 Å². The van der Waals surface area contributed by atoms with Gasteiger partial charge >= 0.3 is 0 Å². The summed E-state index contributed by atoms with van der Waals surface area (Å²) in [4.78, 5) is 15.8. The van der Waals surface area contributed by atoms with Crippen molar-refractivity contribution in [1.29, 1.82) is 0 Å². The van der Waals surface area contributed by atoms with Crippen LogP contribution in [0.2, 0.25) is 0 Å². The van der Waals surface area contributed by atoms with Crippen molar-refractivity contribution < 1.29 is 37.5 Å². The number of hydrogen-bond acceptors (Lipinski definition) is 3. The van der Waals surface area contributed by atoms with Crippen molar-refractivity contribution in [2.45, 2.75) is 6.42 Å². The van der Waals surface area contributed by atoms with Gasteiger partial charge in [-0.3, -0.25) is 4.79 Å². The molecule has 0 unspecified atom stereocenters. The van der Waals surface area contributed by atoms with Crippen LogP contribution in [0.3, 0.4) is 0 Å². The van der Waals surface area contributed by atoms with Crippen molar-refractivity contribution in [3.8, 4) is 5.92 Å². The molecule has 2 aliphatic heterocycles. The minimum atomic E-state index is 0. The number of nitrogens with zero attached hydrogens (tertiary/aromatic N) is 2. The summed E-state index contributed by atoms with van der Waals surface area (Å²) in [5.74, 6) is 2.57. The van der Waals surface area contributed by atoms with Crippen LogP contribution in [-0.4, -0.2) is 48.8 Å². The van der Waals surface area contributed by atoms with E-state index in [1.165, 1.54) is 0 Å². The molecule has 0 N–H and O–H groups in total. The Morgan fingerprint density at radius 3 is 2.87 bits per heavy atom. The Morgan fingerprint density at radius 1 is 1.47 bits per heavy atom. The molecule has 0 fully saturated rings. The van der Waals surface area contributed by atoms with Gasteiger partial charge in [0.2, 0.25) is 0 Å². The van der Waals surface area contributed by atoms with Crippen LogP contribution in [0.1, 0.15) is 6.42 Å². The molecule has 15 heavy (non-hydrogen) atoms. The molecule has 2 rings (SSSR count). The van der Waals surface area contributed by atoms with Crippen LogP contribution in [-0.2, 0) is 37.5 Å². The van der Waals surface area contributed by atoms with E-state index in [0.717, 1.165) is 30.8 Å². The van der Waals surface area contributed by atoms with Gasteiger partial charge in [0.25, 0.3) is 0 Å². The van der Waals surface area contributed by atoms with Gasteiger partial charge in [-0.05, 0) is 7.05 Å². The second-order valence-electron chi connectivity index (χ2n) is 3.87. The first kappa shape index (κ1) is 12.9. The standard InChI is InChI=1S/C11H13N2O.Y/c1-3-5-13-8-11(14)9-7-12(2)6-4-10(9)13;/h4-8H2,2H3;/q-1;. The van der Waals surface area contributed by atoms with Crippen LogP contribution in [0.15, 0.2) is 11.3 Å². The van der Waals surface area contributed by atoms with E-state index in [1.807, 2.05) is 11.9 Å². The predicted octanol–water partition coefficient (Wildman–Crippen LogP) is 0.0480. The molecule has 0 atom stereocenters. The van der Waals surface area contributed by atoms with Gasteiger partial charge in [0.05, 0.1) is 6.54 Å². The number of carbonyl (C=O) groups excluding carboxylic acids is 1. The molecule has 2 aliphatic rings. The van der Waals surface area contributed by atoms with Gasteiger partial charge in [0.1, 0.15) is 0 Å². The molecule has 3 nitrogen and oxygen atoms in total. The molecule has 1 radical (unpaired) electrons. The summed E-state index contributed by atoms with van der Waals surface area (Å²) in [6.07, 6.45) is 7.87. The third kappa shape index (κ3) is 2.50. The van der Waals surface area contributed by atoms with Crippen molar-refractivity contribution in [2.75, 3.05) is 33.2 Å². The Bertz CT molecular complexity index is 343. The van der Waals surface area contributed by atoms with Crippen molar-refractivity contribution in [2.24, 2.45) is 0 Å². The largest absolute Gasteiger partial charge is 0.692 e. The minimum absolute atomic E-state index is 0. The van der Waals surface area contributed by atoms with E-state index in [4.69, 9.17) is 6.42 Å². The van der Waals surface area contributed by atoms with Crippen LogP contribution in [0.5, 0.6) is 0 Å². The fourth-order valence-electron chi connectivity index (χ4n) is 2.10. The zero-order valence-corrected chi connectivity index (χ0v) is 11.8. The van der Waals surface area contributed by atoms with E-state index in [9.17, 15) is 4.79 Å². The monoisotopic (exact) mass is 278 g/mol. The second-order valence-corrected chi connectivity index (χ2v) is 3.87. The third-order valence-corrected chi connectivity index (χ3v) is 2.83. The van der Waals surface area contributed by atoms with E-state index in [0.29, 0.717) is 13.1 Å². The predicted molar refractivity (Wildman–Crippen MR) is 52.9 cm³/mol. The summed E-state index contributed by atoms with van der Waals surface area (Å²) in [5, 5.41) is 0. The molecule has 0 aromatic heterocycles. The third-order valence-electron chi connectivity index (χ3n) is 2.83. The molecule has 0 aliphatic carbocycles. The van der Waals surface area contributed by atoms with E-state index >= 15 is 0 Å². The fourth-order valence-corrected chi connectivity index (χ4v) is 2.10. The Hall–Kier alpha value is -0.166. The normalized spacial score (nSPS) is 21.1. The first-order chi connectivity index (χ1) is 6.72. The molecule has 2 heterocycles. The van der Waals surface area contributed by atoms with E-state index in [1.54, 1.807) is 0 Å². The van der Waals surface area contributed by atoms with E-state index in [2.05, 4.69) is 10.8 Å². The summed E-state index contributed by atoms with van der Waals surface area (Å²) < 4.78 is 0. The number of hydrogen-bond donors (Lipinski definition) is 0.